The van der Waals surface area contributed by atoms with E-state index in [0.29, 0.717) is 5.92 Å². The Morgan fingerprint density at radius 1 is 1.37 bits per heavy atom. The predicted octanol–water partition coefficient (Wildman–Crippen LogP) is 2.54. The van der Waals surface area contributed by atoms with E-state index < -0.39 is 0 Å². The monoisotopic (exact) mass is 370 g/mol. The van der Waals surface area contributed by atoms with E-state index in [1.165, 1.54) is 0 Å². The van der Waals surface area contributed by atoms with Crippen molar-refractivity contribution in [2.24, 2.45) is 0 Å². The predicted molar refractivity (Wildman–Crippen MR) is 106 cm³/mol. The van der Waals surface area contributed by atoms with Gasteiger partial charge in [-0.15, -0.1) is 0 Å². The molecule has 1 aromatic carbocycles. The standard InChI is InChI=1S/C21H30N4O2/c1-17-6-4-8-19(14-17)27-16-20(26)25-10-5-7-18(15-25)21-22-9-11-24(21)13-12-23(2)3/h4,6,8-9,11,14,18H,5,7,10,12-13,15-16H2,1-3H3/t18-/m0/s1. The van der Waals surface area contributed by atoms with Crippen LogP contribution in [0.15, 0.2) is 36.7 Å². The molecule has 1 saturated heterocycles. The first-order chi connectivity index (χ1) is 13.0. The number of aromatic nitrogens is 2. The number of aryl methyl sites for hydroxylation is 1. The van der Waals surface area contributed by atoms with E-state index in [0.717, 1.165) is 56.2 Å². The van der Waals surface area contributed by atoms with Crippen LogP contribution in [0.1, 0.15) is 30.1 Å². The van der Waals surface area contributed by atoms with Crippen LogP contribution in [-0.4, -0.2) is 65.6 Å². The normalized spacial score (nSPS) is 17.3. The first kappa shape index (κ1) is 19.4. The molecule has 0 N–H and O–H groups in total. The Bertz CT molecular complexity index is 756. The number of rotatable bonds is 7. The van der Waals surface area contributed by atoms with Crippen molar-refractivity contribution in [3.63, 3.8) is 0 Å². The van der Waals surface area contributed by atoms with E-state index in [-0.39, 0.29) is 12.5 Å². The van der Waals surface area contributed by atoms with Gasteiger partial charge >= 0.3 is 0 Å². The summed E-state index contributed by atoms with van der Waals surface area (Å²) in [5.74, 6) is 2.18. The summed E-state index contributed by atoms with van der Waals surface area (Å²) in [5.41, 5.74) is 1.13. The number of nitrogens with zero attached hydrogens (tertiary/aromatic N) is 4. The zero-order valence-electron chi connectivity index (χ0n) is 16.6. The zero-order chi connectivity index (χ0) is 19.2. The van der Waals surface area contributed by atoms with Gasteiger partial charge in [0.25, 0.3) is 5.91 Å². The van der Waals surface area contributed by atoms with Gasteiger partial charge in [0.1, 0.15) is 11.6 Å². The van der Waals surface area contributed by atoms with Gasteiger partial charge in [-0.25, -0.2) is 4.98 Å². The first-order valence-corrected chi connectivity index (χ1v) is 9.66. The molecule has 0 saturated carbocycles. The Labute approximate surface area is 161 Å². The Balaban J connectivity index is 1.57. The third-order valence-corrected chi connectivity index (χ3v) is 5.03. The van der Waals surface area contributed by atoms with E-state index in [4.69, 9.17) is 4.74 Å². The number of likely N-dealkylation sites (N-methyl/N-ethyl adjacent to an activating group) is 1. The number of carbonyl (C=O) groups is 1. The Morgan fingerprint density at radius 3 is 3.00 bits per heavy atom. The van der Waals surface area contributed by atoms with Gasteiger partial charge in [-0.05, 0) is 51.6 Å². The molecule has 1 atom stereocenters. The van der Waals surface area contributed by atoms with Crippen molar-refractivity contribution in [3.05, 3.63) is 48.0 Å². The Hall–Kier alpha value is -2.34. The van der Waals surface area contributed by atoms with Gasteiger partial charge in [-0.1, -0.05) is 12.1 Å². The molecule has 6 nitrogen and oxygen atoms in total. The van der Waals surface area contributed by atoms with Gasteiger partial charge in [0.05, 0.1) is 0 Å². The minimum Gasteiger partial charge on any atom is -0.484 e. The number of likely N-dealkylation sites (tertiary alicyclic amines) is 1. The van der Waals surface area contributed by atoms with Crippen molar-refractivity contribution in [2.75, 3.05) is 40.3 Å². The van der Waals surface area contributed by atoms with Gasteiger partial charge < -0.3 is 19.1 Å². The number of carbonyl (C=O) groups excluding carboxylic acids is 1. The lowest BCUT2D eigenvalue weighted by Crippen LogP contribution is -2.42. The fourth-order valence-electron chi connectivity index (χ4n) is 3.53. The fraction of sp³-hybridized carbons (Fsp3) is 0.524. The van der Waals surface area contributed by atoms with Crippen LogP contribution in [0.4, 0.5) is 0 Å². The zero-order valence-corrected chi connectivity index (χ0v) is 16.6. The summed E-state index contributed by atoms with van der Waals surface area (Å²) in [4.78, 5) is 21.3. The molecule has 1 amide bonds. The molecule has 2 aromatic rings. The molecule has 1 aliphatic heterocycles. The van der Waals surface area contributed by atoms with Crippen LogP contribution in [0.25, 0.3) is 0 Å². The molecule has 0 aliphatic carbocycles. The Kier molecular flexibility index (Phi) is 6.50. The molecule has 0 spiro atoms. The second kappa shape index (κ2) is 9.04. The highest BCUT2D eigenvalue weighted by atomic mass is 16.5. The van der Waals surface area contributed by atoms with Crippen LogP contribution in [0.2, 0.25) is 0 Å². The molecule has 2 heterocycles. The van der Waals surface area contributed by atoms with Crippen molar-refractivity contribution in [3.8, 4) is 5.75 Å². The van der Waals surface area contributed by atoms with Gasteiger partial charge in [0, 0.05) is 44.5 Å². The van der Waals surface area contributed by atoms with Gasteiger partial charge in [-0.3, -0.25) is 4.79 Å². The third kappa shape index (κ3) is 5.32. The van der Waals surface area contributed by atoms with Crippen molar-refractivity contribution in [2.45, 2.75) is 32.2 Å². The molecule has 1 aromatic heterocycles. The third-order valence-electron chi connectivity index (χ3n) is 5.03. The second-order valence-electron chi connectivity index (χ2n) is 7.57. The second-order valence-corrected chi connectivity index (χ2v) is 7.57. The van der Waals surface area contributed by atoms with E-state index in [1.54, 1.807) is 0 Å². The fourth-order valence-corrected chi connectivity index (χ4v) is 3.53. The quantitative estimate of drug-likeness (QED) is 0.752. The van der Waals surface area contributed by atoms with E-state index in [1.807, 2.05) is 48.5 Å². The number of hydrogen-bond acceptors (Lipinski definition) is 4. The lowest BCUT2D eigenvalue weighted by molar-refractivity contribution is -0.134. The molecule has 1 fully saturated rings. The van der Waals surface area contributed by atoms with E-state index in [9.17, 15) is 4.79 Å². The summed E-state index contributed by atoms with van der Waals surface area (Å²) in [7, 11) is 4.15. The molecule has 0 radical (unpaired) electrons. The molecular weight excluding hydrogens is 340 g/mol. The lowest BCUT2D eigenvalue weighted by atomic mass is 9.97. The summed E-state index contributed by atoms with van der Waals surface area (Å²) < 4.78 is 7.92. The number of hydrogen-bond donors (Lipinski definition) is 0. The SMILES string of the molecule is Cc1cccc(OCC(=O)N2CCC[C@H](c3nccn3CCN(C)C)C2)c1. The largest absolute Gasteiger partial charge is 0.484 e. The van der Waals surface area contributed by atoms with Crippen LogP contribution in [0.5, 0.6) is 5.75 Å². The minimum absolute atomic E-state index is 0.0487. The van der Waals surface area contributed by atoms with Crippen molar-refractivity contribution < 1.29 is 9.53 Å². The summed E-state index contributed by atoms with van der Waals surface area (Å²) in [5, 5.41) is 0. The average Bonchev–Trinajstić information content (AvgIpc) is 3.13. The van der Waals surface area contributed by atoms with Crippen LogP contribution in [0.3, 0.4) is 0 Å². The van der Waals surface area contributed by atoms with Crippen molar-refractivity contribution in [1.29, 1.82) is 0 Å². The van der Waals surface area contributed by atoms with Crippen LogP contribution in [-0.2, 0) is 11.3 Å². The topological polar surface area (TPSA) is 50.6 Å². The lowest BCUT2D eigenvalue weighted by Gasteiger charge is -2.32. The number of amides is 1. The molecule has 1 aliphatic rings. The molecular formula is C21H30N4O2. The van der Waals surface area contributed by atoms with Gasteiger partial charge in [0.15, 0.2) is 6.61 Å². The average molecular weight is 370 g/mol. The molecule has 27 heavy (non-hydrogen) atoms. The van der Waals surface area contributed by atoms with Crippen LogP contribution in [0, 0.1) is 6.92 Å². The highest BCUT2D eigenvalue weighted by molar-refractivity contribution is 5.78. The van der Waals surface area contributed by atoms with Crippen molar-refractivity contribution in [1.82, 2.24) is 19.4 Å². The van der Waals surface area contributed by atoms with Crippen LogP contribution < -0.4 is 4.74 Å². The van der Waals surface area contributed by atoms with Gasteiger partial charge in [0.2, 0.25) is 0 Å². The Morgan fingerprint density at radius 2 is 2.22 bits per heavy atom. The maximum absolute atomic E-state index is 12.6. The molecule has 146 valence electrons. The summed E-state index contributed by atoms with van der Waals surface area (Å²) >= 11 is 0. The summed E-state index contributed by atoms with van der Waals surface area (Å²) in [6.07, 6.45) is 5.98. The maximum Gasteiger partial charge on any atom is 0.260 e. The summed E-state index contributed by atoms with van der Waals surface area (Å²) in [6.45, 7) is 5.51. The van der Waals surface area contributed by atoms with E-state index >= 15 is 0 Å². The van der Waals surface area contributed by atoms with E-state index in [2.05, 4.69) is 28.5 Å². The maximum atomic E-state index is 12.6. The molecule has 6 heteroatoms. The minimum atomic E-state index is 0.0487. The van der Waals surface area contributed by atoms with Crippen LogP contribution >= 0.6 is 0 Å². The van der Waals surface area contributed by atoms with Gasteiger partial charge in [-0.2, -0.15) is 0 Å². The number of benzene rings is 1. The first-order valence-electron chi connectivity index (χ1n) is 9.66. The molecule has 0 bridgehead atoms. The highest BCUT2D eigenvalue weighted by Gasteiger charge is 2.27. The number of imidazole rings is 1. The number of ether oxygens (including phenoxy) is 1. The number of piperidine rings is 1. The molecule has 0 unspecified atom stereocenters. The van der Waals surface area contributed by atoms with Crippen molar-refractivity contribution >= 4 is 5.91 Å². The highest BCUT2D eigenvalue weighted by Crippen LogP contribution is 2.26. The molecule has 3 rings (SSSR count). The smallest absolute Gasteiger partial charge is 0.260 e. The summed E-state index contributed by atoms with van der Waals surface area (Å²) in [6, 6.07) is 7.80.